The van der Waals surface area contributed by atoms with Gasteiger partial charge in [-0.15, -0.1) is 11.3 Å². The second-order valence-corrected chi connectivity index (χ2v) is 8.98. The quantitative estimate of drug-likeness (QED) is 0.433. The van der Waals surface area contributed by atoms with E-state index < -0.39 is 12.0 Å². The lowest BCUT2D eigenvalue weighted by molar-refractivity contribution is -0.122. The number of fused-ring (bicyclic) bond motifs is 2. The van der Waals surface area contributed by atoms with Crippen molar-refractivity contribution in [2.24, 2.45) is 0 Å². The fourth-order valence-electron chi connectivity index (χ4n) is 3.68. The van der Waals surface area contributed by atoms with Crippen LogP contribution < -0.4 is 10.1 Å². The minimum Gasteiger partial charge on any atom is -0.457 e. The third kappa shape index (κ3) is 3.54. The summed E-state index contributed by atoms with van der Waals surface area (Å²) in [5.41, 5.74) is 2.82. The first-order valence-corrected chi connectivity index (χ1v) is 11.4. The number of rotatable bonds is 5. The first-order valence-electron chi connectivity index (χ1n) is 9.64. The Morgan fingerprint density at radius 2 is 1.70 bits per heavy atom. The SMILES string of the molecule is O=C(NCC(O)c1ccc(-c2ccsc2)s1)C1c2ccccc2Oc2ccccc21. The van der Waals surface area contributed by atoms with Gasteiger partial charge in [0.05, 0.1) is 5.92 Å². The summed E-state index contributed by atoms with van der Waals surface area (Å²) in [5, 5.41) is 17.7. The number of hydrogen-bond donors (Lipinski definition) is 2. The molecule has 150 valence electrons. The first-order chi connectivity index (χ1) is 14.7. The van der Waals surface area contributed by atoms with Crippen LogP contribution in [0.2, 0.25) is 0 Å². The number of carbonyl (C=O) groups excluding carboxylic acids is 1. The summed E-state index contributed by atoms with van der Waals surface area (Å²) in [5.74, 6) is 0.765. The number of nitrogens with one attached hydrogen (secondary N) is 1. The third-order valence-electron chi connectivity index (χ3n) is 5.17. The van der Waals surface area contributed by atoms with Crippen molar-refractivity contribution >= 4 is 28.6 Å². The van der Waals surface area contributed by atoms with E-state index >= 15 is 0 Å². The molecule has 1 aliphatic heterocycles. The van der Waals surface area contributed by atoms with E-state index in [1.807, 2.05) is 66.0 Å². The second-order valence-electron chi connectivity index (χ2n) is 7.09. The topological polar surface area (TPSA) is 58.6 Å². The Balaban J connectivity index is 1.34. The largest absolute Gasteiger partial charge is 0.457 e. The van der Waals surface area contributed by atoms with Gasteiger partial charge in [0.2, 0.25) is 5.91 Å². The van der Waals surface area contributed by atoms with Crippen LogP contribution in [-0.2, 0) is 4.79 Å². The lowest BCUT2D eigenvalue weighted by Gasteiger charge is -2.27. The van der Waals surface area contributed by atoms with Gasteiger partial charge in [0.25, 0.3) is 0 Å². The van der Waals surface area contributed by atoms with Crippen LogP contribution in [0.15, 0.2) is 77.5 Å². The molecule has 3 heterocycles. The molecule has 4 nitrogen and oxygen atoms in total. The molecule has 0 saturated carbocycles. The van der Waals surface area contributed by atoms with E-state index in [-0.39, 0.29) is 12.5 Å². The van der Waals surface area contributed by atoms with Crippen molar-refractivity contribution in [3.63, 3.8) is 0 Å². The Hall–Kier alpha value is -2.93. The highest BCUT2D eigenvalue weighted by atomic mass is 32.1. The zero-order valence-corrected chi connectivity index (χ0v) is 17.6. The Bertz CT molecular complexity index is 1140. The van der Waals surface area contributed by atoms with E-state index in [2.05, 4.69) is 16.8 Å². The number of aliphatic hydroxyl groups is 1. The maximum absolute atomic E-state index is 13.2. The van der Waals surface area contributed by atoms with Crippen molar-refractivity contribution in [2.75, 3.05) is 6.54 Å². The predicted molar refractivity (Wildman–Crippen MR) is 120 cm³/mol. The number of ether oxygens (including phenoxy) is 1. The van der Waals surface area contributed by atoms with Crippen LogP contribution in [0, 0.1) is 0 Å². The van der Waals surface area contributed by atoms with E-state index in [0.717, 1.165) is 26.4 Å². The number of hydrogen-bond acceptors (Lipinski definition) is 5. The molecular weight excluding hydrogens is 414 g/mol. The number of thiophene rings is 2. The molecule has 30 heavy (non-hydrogen) atoms. The molecule has 1 unspecified atom stereocenters. The molecule has 0 aliphatic carbocycles. The molecule has 1 amide bonds. The fourth-order valence-corrected chi connectivity index (χ4v) is 5.40. The van der Waals surface area contributed by atoms with Gasteiger partial charge >= 0.3 is 0 Å². The van der Waals surface area contributed by atoms with Crippen molar-refractivity contribution in [1.29, 1.82) is 0 Å². The molecule has 0 radical (unpaired) electrons. The van der Waals surface area contributed by atoms with Crippen LogP contribution >= 0.6 is 22.7 Å². The van der Waals surface area contributed by atoms with E-state index in [4.69, 9.17) is 4.74 Å². The summed E-state index contributed by atoms with van der Waals surface area (Å²) in [7, 11) is 0. The molecule has 5 rings (SSSR count). The molecule has 2 aromatic heterocycles. The van der Waals surface area contributed by atoms with Crippen LogP contribution in [0.5, 0.6) is 11.5 Å². The molecule has 2 aromatic carbocycles. The molecule has 2 N–H and O–H groups in total. The highest BCUT2D eigenvalue weighted by molar-refractivity contribution is 7.16. The van der Waals surface area contributed by atoms with Gasteiger partial charge in [0, 0.05) is 33.0 Å². The van der Waals surface area contributed by atoms with E-state index in [9.17, 15) is 9.90 Å². The van der Waals surface area contributed by atoms with Gasteiger partial charge in [-0.05, 0) is 41.1 Å². The molecule has 4 aromatic rings. The normalized spacial score (nSPS) is 13.8. The standard InChI is InChI=1S/C24H19NO3S2/c26-18(22-10-9-21(30-22)15-11-12-29-14-15)13-25-24(27)23-16-5-1-3-7-19(16)28-20-8-4-2-6-17(20)23/h1-12,14,18,23,26H,13H2,(H,25,27). The first kappa shape index (κ1) is 19.1. The summed E-state index contributed by atoms with van der Waals surface area (Å²) in [6.45, 7) is 0.157. The van der Waals surface area contributed by atoms with E-state index in [1.165, 1.54) is 0 Å². The van der Waals surface area contributed by atoms with Crippen molar-refractivity contribution in [1.82, 2.24) is 5.32 Å². The summed E-state index contributed by atoms with van der Waals surface area (Å²) in [6.07, 6.45) is -0.753. The average Bonchev–Trinajstić information content (AvgIpc) is 3.47. The van der Waals surface area contributed by atoms with Gasteiger partial charge < -0.3 is 15.2 Å². The average molecular weight is 434 g/mol. The predicted octanol–water partition coefficient (Wildman–Crippen LogP) is 5.56. The Morgan fingerprint density at radius 3 is 2.37 bits per heavy atom. The third-order valence-corrected chi connectivity index (χ3v) is 7.09. The van der Waals surface area contributed by atoms with Gasteiger partial charge in [-0.3, -0.25) is 4.79 Å². The molecule has 0 fully saturated rings. The van der Waals surface area contributed by atoms with E-state index in [0.29, 0.717) is 11.5 Å². The van der Waals surface area contributed by atoms with Crippen molar-refractivity contribution in [3.05, 3.63) is 93.5 Å². The number of benzene rings is 2. The van der Waals surface area contributed by atoms with Crippen LogP contribution in [0.4, 0.5) is 0 Å². The minimum atomic E-state index is -0.753. The smallest absolute Gasteiger partial charge is 0.232 e. The summed E-state index contributed by atoms with van der Waals surface area (Å²) in [6, 6.07) is 21.2. The zero-order chi connectivity index (χ0) is 20.5. The molecule has 1 atom stereocenters. The van der Waals surface area contributed by atoms with Gasteiger partial charge in [-0.25, -0.2) is 0 Å². The van der Waals surface area contributed by atoms with E-state index in [1.54, 1.807) is 22.7 Å². The van der Waals surface area contributed by atoms with Crippen molar-refractivity contribution in [3.8, 4) is 21.9 Å². The lowest BCUT2D eigenvalue weighted by atomic mass is 9.87. The highest BCUT2D eigenvalue weighted by Gasteiger charge is 2.32. The molecule has 0 spiro atoms. The fraction of sp³-hybridized carbons (Fsp3) is 0.125. The summed E-state index contributed by atoms with van der Waals surface area (Å²) in [4.78, 5) is 15.1. The Labute approximate surface area is 182 Å². The highest BCUT2D eigenvalue weighted by Crippen LogP contribution is 2.44. The molecule has 0 saturated heterocycles. The van der Waals surface area contributed by atoms with Gasteiger partial charge in [-0.2, -0.15) is 11.3 Å². The van der Waals surface area contributed by atoms with Crippen LogP contribution in [0.3, 0.4) is 0 Å². The van der Waals surface area contributed by atoms with Gasteiger partial charge in [0.15, 0.2) is 0 Å². The second kappa shape index (κ2) is 8.07. The Kier molecular flexibility index (Phi) is 5.12. The molecule has 0 bridgehead atoms. The van der Waals surface area contributed by atoms with Crippen molar-refractivity contribution < 1.29 is 14.6 Å². The zero-order valence-electron chi connectivity index (χ0n) is 15.9. The minimum absolute atomic E-state index is 0.146. The molecule has 1 aliphatic rings. The maximum atomic E-state index is 13.2. The summed E-state index contributed by atoms with van der Waals surface area (Å²) < 4.78 is 5.96. The van der Waals surface area contributed by atoms with Gasteiger partial charge in [0.1, 0.15) is 17.6 Å². The van der Waals surface area contributed by atoms with Gasteiger partial charge in [-0.1, -0.05) is 36.4 Å². The Morgan fingerprint density at radius 1 is 1.00 bits per heavy atom. The number of aliphatic hydroxyl groups excluding tert-OH is 1. The molecule has 6 heteroatoms. The monoisotopic (exact) mass is 433 g/mol. The van der Waals surface area contributed by atoms with Crippen molar-refractivity contribution in [2.45, 2.75) is 12.0 Å². The number of amides is 1. The van der Waals surface area contributed by atoms with Crippen LogP contribution in [0.25, 0.3) is 10.4 Å². The van der Waals surface area contributed by atoms with Crippen LogP contribution in [0.1, 0.15) is 28.0 Å². The van der Waals surface area contributed by atoms with Crippen LogP contribution in [-0.4, -0.2) is 17.6 Å². The lowest BCUT2D eigenvalue weighted by Crippen LogP contribution is -2.34. The maximum Gasteiger partial charge on any atom is 0.232 e. The molecular formula is C24H19NO3S2. The number of para-hydroxylation sites is 2. The summed E-state index contributed by atoms with van der Waals surface area (Å²) >= 11 is 3.20. The number of carbonyl (C=O) groups is 1.